The monoisotopic (exact) mass is 367 g/mol. The maximum Gasteiger partial charge on any atom is 0.274 e. The molecule has 4 rings (SSSR count). The van der Waals surface area contributed by atoms with Gasteiger partial charge >= 0.3 is 0 Å². The zero-order valence-corrected chi connectivity index (χ0v) is 15.0. The first-order valence-electron chi connectivity index (χ1n) is 9.03. The van der Waals surface area contributed by atoms with Gasteiger partial charge in [-0.25, -0.2) is 4.68 Å². The molecule has 1 aliphatic rings. The fourth-order valence-electron chi connectivity index (χ4n) is 3.07. The lowest BCUT2D eigenvalue weighted by molar-refractivity contribution is 0.0932. The molecule has 2 N–H and O–H groups in total. The average Bonchev–Trinajstić information content (AvgIpc) is 3.39. The summed E-state index contributed by atoms with van der Waals surface area (Å²) in [6, 6.07) is 9.36. The normalized spacial score (nSPS) is 16.2. The Morgan fingerprint density at radius 3 is 2.85 bits per heavy atom. The van der Waals surface area contributed by atoms with Crippen molar-refractivity contribution in [3.63, 3.8) is 0 Å². The number of aromatic nitrogens is 5. The van der Waals surface area contributed by atoms with Crippen LogP contribution >= 0.6 is 0 Å². The third-order valence-electron chi connectivity index (χ3n) is 4.62. The molecule has 1 aliphatic heterocycles. The van der Waals surface area contributed by atoms with E-state index in [1.165, 1.54) is 0 Å². The topological polar surface area (TPSA) is 111 Å². The number of hydrogen-bond acceptors (Lipinski definition) is 7. The van der Waals surface area contributed by atoms with Crippen molar-refractivity contribution in [3.05, 3.63) is 48.0 Å². The molecule has 0 radical (unpaired) electrons. The summed E-state index contributed by atoms with van der Waals surface area (Å²) >= 11 is 0. The van der Waals surface area contributed by atoms with E-state index in [9.17, 15) is 4.79 Å². The van der Waals surface area contributed by atoms with Gasteiger partial charge in [0.2, 0.25) is 0 Å². The van der Waals surface area contributed by atoms with E-state index < -0.39 is 6.04 Å². The summed E-state index contributed by atoms with van der Waals surface area (Å²) in [5, 5.41) is 18.2. The number of nitrogens with one attached hydrogen (secondary N) is 2. The highest BCUT2D eigenvalue weighted by Crippen LogP contribution is 2.19. The fraction of sp³-hybridized carbons (Fsp3) is 0.389. The third kappa shape index (κ3) is 3.87. The molecule has 0 aliphatic carbocycles. The van der Waals surface area contributed by atoms with E-state index in [0.29, 0.717) is 11.7 Å². The summed E-state index contributed by atoms with van der Waals surface area (Å²) in [7, 11) is 0. The number of benzene rings is 1. The lowest BCUT2D eigenvalue weighted by Crippen LogP contribution is -2.29. The van der Waals surface area contributed by atoms with Crippen molar-refractivity contribution >= 4 is 5.91 Å². The second-order valence-electron chi connectivity index (χ2n) is 6.58. The van der Waals surface area contributed by atoms with E-state index in [2.05, 4.69) is 31.1 Å². The fourth-order valence-corrected chi connectivity index (χ4v) is 3.07. The first kappa shape index (κ1) is 17.3. The summed E-state index contributed by atoms with van der Waals surface area (Å²) in [4.78, 5) is 16.8. The van der Waals surface area contributed by atoms with Gasteiger partial charge in [0.1, 0.15) is 0 Å². The predicted octanol–water partition coefficient (Wildman–Crippen LogP) is 1.74. The highest BCUT2D eigenvalue weighted by molar-refractivity contribution is 5.92. The van der Waals surface area contributed by atoms with Crippen LogP contribution < -0.4 is 10.6 Å². The van der Waals surface area contributed by atoms with Gasteiger partial charge < -0.3 is 15.2 Å². The third-order valence-corrected chi connectivity index (χ3v) is 4.62. The van der Waals surface area contributed by atoms with E-state index in [1.807, 2.05) is 30.3 Å². The second kappa shape index (κ2) is 7.67. The SMILES string of the molecule is CC(NC(=O)c1cn(C2CCNCC2)nn1)c1noc(-c2ccccc2)n1. The van der Waals surface area contributed by atoms with E-state index >= 15 is 0 Å². The molecule has 140 valence electrons. The summed E-state index contributed by atoms with van der Waals surface area (Å²) in [5.41, 5.74) is 1.12. The molecule has 9 heteroatoms. The molecule has 1 unspecified atom stereocenters. The van der Waals surface area contributed by atoms with Gasteiger partial charge in [-0.1, -0.05) is 28.6 Å². The highest BCUT2D eigenvalue weighted by atomic mass is 16.5. The molecule has 3 aromatic rings. The molecular weight excluding hydrogens is 346 g/mol. The lowest BCUT2D eigenvalue weighted by Gasteiger charge is -2.22. The molecule has 1 amide bonds. The van der Waals surface area contributed by atoms with Crippen LogP contribution in [0.5, 0.6) is 0 Å². The van der Waals surface area contributed by atoms with Crippen molar-refractivity contribution in [2.75, 3.05) is 13.1 Å². The average molecular weight is 367 g/mol. The zero-order chi connectivity index (χ0) is 18.6. The molecule has 1 fully saturated rings. The van der Waals surface area contributed by atoms with Gasteiger partial charge in [0, 0.05) is 5.56 Å². The minimum atomic E-state index is -0.414. The zero-order valence-electron chi connectivity index (χ0n) is 15.0. The number of amides is 1. The Labute approximate surface area is 156 Å². The second-order valence-corrected chi connectivity index (χ2v) is 6.58. The smallest absolute Gasteiger partial charge is 0.274 e. The molecular formula is C18H21N7O2. The van der Waals surface area contributed by atoms with Gasteiger partial charge in [-0.3, -0.25) is 4.79 Å². The van der Waals surface area contributed by atoms with E-state index in [1.54, 1.807) is 17.8 Å². The number of carbonyl (C=O) groups is 1. The van der Waals surface area contributed by atoms with Crippen molar-refractivity contribution in [3.8, 4) is 11.5 Å². The van der Waals surface area contributed by atoms with Gasteiger partial charge in [0.25, 0.3) is 11.8 Å². The number of piperidine rings is 1. The van der Waals surface area contributed by atoms with Gasteiger partial charge in [-0.05, 0) is 45.0 Å². The van der Waals surface area contributed by atoms with Gasteiger partial charge in [0.15, 0.2) is 11.5 Å². The summed E-state index contributed by atoms with van der Waals surface area (Å²) in [5.74, 6) is 0.519. The molecule has 3 heterocycles. The first-order valence-corrected chi connectivity index (χ1v) is 9.03. The molecule has 9 nitrogen and oxygen atoms in total. The summed E-state index contributed by atoms with van der Waals surface area (Å²) < 4.78 is 7.07. The molecule has 1 atom stereocenters. The Hall–Kier alpha value is -3.07. The number of nitrogens with zero attached hydrogens (tertiary/aromatic N) is 5. The minimum Gasteiger partial charge on any atom is -0.341 e. The Kier molecular flexibility index (Phi) is 4.93. The van der Waals surface area contributed by atoms with E-state index in [4.69, 9.17) is 4.52 Å². The van der Waals surface area contributed by atoms with Crippen LogP contribution in [0, 0.1) is 0 Å². The van der Waals surface area contributed by atoms with Crippen LogP contribution in [0.1, 0.15) is 48.2 Å². The quantitative estimate of drug-likeness (QED) is 0.706. The Morgan fingerprint density at radius 2 is 2.07 bits per heavy atom. The predicted molar refractivity (Wildman–Crippen MR) is 96.8 cm³/mol. The van der Waals surface area contributed by atoms with Crippen LogP contribution in [0.2, 0.25) is 0 Å². The molecule has 0 saturated carbocycles. The highest BCUT2D eigenvalue weighted by Gasteiger charge is 2.21. The number of rotatable bonds is 5. The van der Waals surface area contributed by atoms with Crippen LogP contribution in [-0.4, -0.2) is 44.1 Å². The Balaban J connectivity index is 1.41. The van der Waals surface area contributed by atoms with Crippen molar-refractivity contribution in [2.24, 2.45) is 0 Å². The van der Waals surface area contributed by atoms with Gasteiger partial charge in [0.05, 0.1) is 18.3 Å². The molecule has 0 spiro atoms. The molecule has 0 bridgehead atoms. The molecule has 1 aromatic carbocycles. The van der Waals surface area contributed by atoms with Crippen LogP contribution in [0.4, 0.5) is 0 Å². The van der Waals surface area contributed by atoms with Crippen LogP contribution in [0.15, 0.2) is 41.1 Å². The van der Waals surface area contributed by atoms with E-state index in [0.717, 1.165) is 31.5 Å². The largest absolute Gasteiger partial charge is 0.341 e. The molecule has 27 heavy (non-hydrogen) atoms. The number of carbonyl (C=O) groups excluding carboxylic acids is 1. The lowest BCUT2D eigenvalue weighted by atomic mass is 10.1. The van der Waals surface area contributed by atoms with Crippen molar-refractivity contribution in [1.29, 1.82) is 0 Å². The molecule has 2 aromatic heterocycles. The Morgan fingerprint density at radius 1 is 1.30 bits per heavy atom. The Bertz CT molecular complexity index is 899. The van der Waals surface area contributed by atoms with Crippen molar-refractivity contribution in [2.45, 2.75) is 31.8 Å². The summed E-state index contributed by atoms with van der Waals surface area (Å²) in [6.45, 7) is 3.70. The maximum atomic E-state index is 12.5. The minimum absolute atomic E-state index is 0.281. The van der Waals surface area contributed by atoms with Crippen LogP contribution in [0.3, 0.4) is 0 Å². The first-order chi connectivity index (χ1) is 13.2. The van der Waals surface area contributed by atoms with E-state index in [-0.39, 0.29) is 17.6 Å². The summed E-state index contributed by atoms with van der Waals surface area (Å²) in [6.07, 6.45) is 3.65. The maximum absolute atomic E-state index is 12.5. The number of hydrogen-bond donors (Lipinski definition) is 2. The van der Waals surface area contributed by atoms with Crippen LogP contribution in [-0.2, 0) is 0 Å². The molecule has 1 saturated heterocycles. The van der Waals surface area contributed by atoms with Crippen molar-refractivity contribution in [1.82, 2.24) is 35.8 Å². The van der Waals surface area contributed by atoms with Gasteiger partial charge in [-0.15, -0.1) is 5.10 Å². The van der Waals surface area contributed by atoms with Crippen molar-refractivity contribution < 1.29 is 9.32 Å². The van der Waals surface area contributed by atoms with Gasteiger partial charge in [-0.2, -0.15) is 4.98 Å². The van der Waals surface area contributed by atoms with Crippen LogP contribution in [0.25, 0.3) is 11.5 Å². The standard InChI is InChI=1S/C18H21N7O2/c1-12(16-21-18(27-23-16)13-5-3-2-4-6-13)20-17(26)15-11-25(24-22-15)14-7-9-19-10-8-14/h2-6,11-12,14,19H,7-10H2,1H3,(H,20,26).